The number of benzene rings is 1. The molecule has 0 aliphatic rings. The summed E-state index contributed by atoms with van der Waals surface area (Å²) in [5.41, 5.74) is 2.80. The highest BCUT2D eigenvalue weighted by Gasteiger charge is 2.13. The van der Waals surface area contributed by atoms with Gasteiger partial charge in [-0.05, 0) is 44.0 Å². The van der Waals surface area contributed by atoms with Gasteiger partial charge in [-0.1, -0.05) is 19.1 Å². The molecule has 0 atom stereocenters. The van der Waals surface area contributed by atoms with E-state index in [0.29, 0.717) is 19.6 Å². The number of carbonyl (C=O) groups is 1. The van der Waals surface area contributed by atoms with Crippen LogP contribution in [0.1, 0.15) is 29.7 Å². The number of imidazole rings is 1. The lowest BCUT2D eigenvalue weighted by Crippen LogP contribution is -2.29. The lowest BCUT2D eigenvalue weighted by Gasteiger charge is -2.05. The fourth-order valence-electron chi connectivity index (χ4n) is 3.68. The Labute approximate surface area is 189 Å². The van der Waals surface area contributed by atoms with E-state index in [-0.39, 0.29) is 18.0 Å². The second kappa shape index (κ2) is 9.62. The summed E-state index contributed by atoms with van der Waals surface area (Å²) in [6.45, 7) is 5.71. The van der Waals surface area contributed by atoms with E-state index in [1.807, 2.05) is 31.2 Å². The zero-order valence-corrected chi connectivity index (χ0v) is 19.4. The average molecular weight is 455 g/mol. The number of carbonyl (C=O) groups excluding carboxylic acids is 1. The Bertz CT molecular complexity index is 1250. The molecule has 3 heterocycles. The summed E-state index contributed by atoms with van der Waals surface area (Å²) in [5, 5.41) is 6.13. The Morgan fingerprint density at radius 2 is 1.84 bits per heavy atom. The van der Waals surface area contributed by atoms with E-state index >= 15 is 0 Å². The molecule has 4 rings (SSSR count). The number of fused-ring (bicyclic) bond motifs is 1. The number of aryl methyl sites for hydroxylation is 3. The van der Waals surface area contributed by atoms with Crippen molar-refractivity contribution in [3.8, 4) is 10.6 Å². The quantitative estimate of drug-likeness (QED) is 0.406. The van der Waals surface area contributed by atoms with Crippen LogP contribution in [0.25, 0.3) is 21.6 Å². The maximum Gasteiger partial charge on any atom is 0.329 e. The van der Waals surface area contributed by atoms with Crippen molar-refractivity contribution in [2.24, 2.45) is 0 Å². The number of hydrogen-bond donors (Lipinski definition) is 1. The molecular weight excluding hydrogens is 428 g/mol. The zero-order valence-electron chi connectivity index (χ0n) is 17.8. The molecule has 0 fully saturated rings. The van der Waals surface area contributed by atoms with Crippen molar-refractivity contribution in [2.45, 2.75) is 46.2 Å². The van der Waals surface area contributed by atoms with Crippen LogP contribution in [0, 0.1) is 6.92 Å². The molecule has 0 saturated heterocycles. The van der Waals surface area contributed by atoms with E-state index in [1.54, 1.807) is 31.8 Å². The first-order chi connectivity index (χ1) is 15.1. The molecule has 162 valence electrons. The van der Waals surface area contributed by atoms with E-state index in [4.69, 9.17) is 0 Å². The van der Waals surface area contributed by atoms with Gasteiger partial charge in [-0.15, -0.1) is 22.7 Å². The monoisotopic (exact) mass is 454 g/mol. The van der Waals surface area contributed by atoms with Crippen molar-refractivity contribution in [3.05, 3.63) is 62.1 Å². The number of rotatable bonds is 9. The van der Waals surface area contributed by atoms with Crippen molar-refractivity contribution in [3.63, 3.8) is 0 Å². The highest BCUT2D eigenvalue weighted by Crippen LogP contribution is 2.29. The van der Waals surface area contributed by atoms with Crippen LogP contribution in [0.5, 0.6) is 0 Å². The normalized spacial score (nSPS) is 11.3. The first kappa shape index (κ1) is 21.5. The van der Waals surface area contributed by atoms with Crippen LogP contribution < -0.4 is 11.0 Å². The molecule has 0 bridgehead atoms. The fraction of sp³-hybridized carbons (Fsp3) is 0.348. The molecule has 8 heteroatoms. The van der Waals surface area contributed by atoms with E-state index in [0.717, 1.165) is 39.5 Å². The summed E-state index contributed by atoms with van der Waals surface area (Å²) in [6.07, 6.45) is 1.96. The molecule has 1 amide bonds. The van der Waals surface area contributed by atoms with E-state index in [1.165, 1.54) is 4.88 Å². The number of amides is 1. The summed E-state index contributed by atoms with van der Waals surface area (Å²) in [5.74, 6) is -0.0360. The minimum atomic E-state index is -0.0424. The van der Waals surface area contributed by atoms with Crippen LogP contribution in [0.3, 0.4) is 0 Å². The Hall–Kier alpha value is -2.71. The third-order valence-corrected chi connectivity index (χ3v) is 7.10. The Balaban J connectivity index is 1.32. The van der Waals surface area contributed by atoms with E-state index in [9.17, 15) is 9.59 Å². The standard InChI is InChI=1S/C23H26N4O2S2/c1-3-13-26-19-6-4-5-7-20(19)27(23(26)29)14-11-22(28)24-12-10-17-8-9-21(31-17)18-15-30-16(2)25-18/h4-9,15H,3,10-14H2,1-2H3,(H,24,28). The molecule has 4 aromatic rings. The topological polar surface area (TPSA) is 68.9 Å². The number of aromatic nitrogens is 3. The number of nitrogens with one attached hydrogen (secondary N) is 1. The molecule has 0 unspecified atom stereocenters. The van der Waals surface area contributed by atoms with Gasteiger partial charge in [0.1, 0.15) is 0 Å². The Kier molecular flexibility index (Phi) is 6.67. The average Bonchev–Trinajstić information content (AvgIpc) is 3.46. The van der Waals surface area contributed by atoms with E-state index in [2.05, 4.69) is 34.7 Å². The predicted molar refractivity (Wildman–Crippen MR) is 128 cm³/mol. The van der Waals surface area contributed by atoms with Gasteiger partial charge >= 0.3 is 5.69 Å². The first-order valence-electron chi connectivity index (χ1n) is 10.5. The number of thiazole rings is 1. The van der Waals surface area contributed by atoms with Crippen LogP contribution in [-0.2, 0) is 24.3 Å². The Morgan fingerprint density at radius 3 is 2.52 bits per heavy atom. The fourth-order valence-corrected chi connectivity index (χ4v) is 5.34. The summed E-state index contributed by atoms with van der Waals surface area (Å²) < 4.78 is 3.51. The lowest BCUT2D eigenvalue weighted by atomic mass is 10.3. The second-order valence-corrected chi connectivity index (χ2v) is 9.67. The SMILES string of the molecule is CCCn1c(=O)n(CCC(=O)NCCc2ccc(-c3csc(C)n3)s2)c2ccccc21. The van der Waals surface area contributed by atoms with Gasteiger partial charge in [-0.25, -0.2) is 9.78 Å². The summed E-state index contributed by atoms with van der Waals surface area (Å²) in [6, 6.07) is 12.0. The van der Waals surface area contributed by atoms with Gasteiger partial charge in [0.2, 0.25) is 5.91 Å². The van der Waals surface area contributed by atoms with Crippen LogP contribution in [0.15, 0.2) is 46.6 Å². The largest absolute Gasteiger partial charge is 0.356 e. The van der Waals surface area contributed by atoms with Gasteiger partial charge in [0.25, 0.3) is 0 Å². The summed E-state index contributed by atoms with van der Waals surface area (Å²) in [7, 11) is 0. The van der Waals surface area contributed by atoms with Crippen molar-refractivity contribution < 1.29 is 4.79 Å². The van der Waals surface area contributed by atoms with E-state index < -0.39 is 0 Å². The summed E-state index contributed by atoms with van der Waals surface area (Å²) in [4.78, 5) is 32.1. The predicted octanol–water partition coefficient (Wildman–Crippen LogP) is 4.46. The van der Waals surface area contributed by atoms with Crippen LogP contribution in [0.4, 0.5) is 0 Å². The Morgan fingerprint density at radius 1 is 1.10 bits per heavy atom. The second-order valence-electron chi connectivity index (χ2n) is 7.44. The first-order valence-corrected chi connectivity index (χ1v) is 12.2. The highest BCUT2D eigenvalue weighted by atomic mass is 32.1. The maximum atomic E-state index is 12.8. The minimum Gasteiger partial charge on any atom is -0.356 e. The molecule has 3 aromatic heterocycles. The van der Waals surface area contributed by atoms with Crippen molar-refractivity contribution in [2.75, 3.05) is 6.54 Å². The van der Waals surface area contributed by atoms with Crippen LogP contribution >= 0.6 is 22.7 Å². The number of thiophene rings is 1. The molecule has 6 nitrogen and oxygen atoms in total. The molecule has 0 radical (unpaired) electrons. The molecule has 0 saturated carbocycles. The lowest BCUT2D eigenvalue weighted by molar-refractivity contribution is -0.121. The van der Waals surface area contributed by atoms with Gasteiger partial charge in [0.15, 0.2) is 0 Å². The molecule has 0 aliphatic heterocycles. The maximum absolute atomic E-state index is 12.8. The number of para-hydroxylation sites is 2. The van der Waals surface area contributed by atoms with Gasteiger partial charge in [0, 0.05) is 36.3 Å². The molecular formula is C23H26N4O2S2. The van der Waals surface area contributed by atoms with Gasteiger partial charge in [0.05, 0.1) is 26.6 Å². The van der Waals surface area contributed by atoms with Gasteiger partial charge < -0.3 is 5.32 Å². The third-order valence-electron chi connectivity index (χ3n) is 5.16. The molecule has 31 heavy (non-hydrogen) atoms. The number of hydrogen-bond acceptors (Lipinski definition) is 5. The molecule has 1 N–H and O–H groups in total. The van der Waals surface area contributed by atoms with Crippen molar-refractivity contribution in [1.29, 1.82) is 0 Å². The van der Waals surface area contributed by atoms with Gasteiger partial charge in [-0.3, -0.25) is 13.9 Å². The smallest absolute Gasteiger partial charge is 0.329 e. The highest BCUT2D eigenvalue weighted by molar-refractivity contribution is 7.16. The number of nitrogens with zero attached hydrogens (tertiary/aromatic N) is 3. The summed E-state index contributed by atoms with van der Waals surface area (Å²) >= 11 is 3.37. The third kappa shape index (κ3) is 4.80. The van der Waals surface area contributed by atoms with Crippen molar-refractivity contribution in [1.82, 2.24) is 19.4 Å². The van der Waals surface area contributed by atoms with Crippen LogP contribution in [0.2, 0.25) is 0 Å². The molecule has 0 spiro atoms. The van der Waals surface area contributed by atoms with Crippen molar-refractivity contribution >= 4 is 39.6 Å². The molecule has 1 aromatic carbocycles. The van der Waals surface area contributed by atoms with Gasteiger partial charge in [-0.2, -0.15) is 0 Å². The molecule has 0 aliphatic carbocycles. The minimum absolute atomic E-state index is 0.0360. The zero-order chi connectivity index (χ0) is 21.8. The van der Waals surface area contributed by atoms with Crippen LogP contribution in [-0.4, -0.2) is 26.6 Å².